The zero-order chi connectivity index (χ0) is 22.1. The minimum Gasteiger partial charge on any atom is -0.492 e. The van der Waals surface area contributed by atoms with Crippen molar-refractivity contribution in [2.75, 3.05) is 25.1 Å². The van der Waals surface area contributed by atoms with Gasteiger partial charge in [0, 0.05) is 31.4 Å². The van der Waals surface area contributed by atoms with Gasteiger partial charge in [-0.1, -0.05) is 18.2 Å². The molecule has 1 saturated heterocycles. The van der Waals surface area contributed by atoms with Gasteiger partial charge in [-0.3, -0.25) is 18.7 Å². The summed E-state index contributed by atoms with van der Waals surface area (Å²) in [6, 6.07) is 13.0. The Morgan fingerprint density at radius 1 is 1.17 bits per heavy atom. The number of rotatable bonds is 7. The van der Waals surface area contributed by atoms with Crippen molar-refractivity contribution in [3.05, 3.63) is 54.2 Å². The van der Waals surface area contributed by atoms with Crippen molar-refractivity contribution in [3.63, 3.8) is 0 Å². The Balaban J connectivity index is 0.000000575. The number of hydrogen-bond donors (Lipinski definition) is 3. The molecule has 3 N–H and O–H groups in total. The second kappa shape index (κ2) is 10.9. The van der Waals surface area contributed by atoms with Crippen LogP contribution in [0.15, 0.2) is 48.7 Å². The van der Waals surface area contributed by atoms with Crippen LogP contribution < -0.4 is 15.0 Å². The lowest BCUT2D eigenvalue weighted by molar-refractivity contribution is -0.112. The van der Waals surface area contributed by atoms with E-state index in [1.807, 2.05) is 54.4 Å². The molecule has 2 heterocycles. The molecule has 10 nitrogen and oxygen atoms in total. The molecule has 0 aliphatic carbocycles. The monoisotopic (exact) mass is 455 g/mol. The molecule has 1 amide bonds. The summed E-state index contributed by atoms with van der Waals surface area (Å²) >= 11 is 0.739. The lowest BCUT2D eigenvalue weighted by atomic mass is 10.1. The number of benzene rings is 1. The third-order valence-electron chi connectivity index (χ3n) is 3.87. The number of anilines is 1. The number of nitrogens with zero attached hydrogens (tertiary/aromatic N) is 2. The number of nitrogens with one attached hydrogen (secondary N) is 1. The zero-order valence-corrected chi connectivity index (χ0v) is 17.6. The number of amides is 1. The third-order valence-corrected chi connectivity index (χ3v) is 4.66. The van der Waals surface area contributed by atoms with Crippen LogP contribution in [-0.2, 0) is 21.6 Å². The van der Waals surface area contributed by atoms with E-state index in [0.717, 1.165) is 35.4 Å². The Kier molecular flexibility index (Phi) is 8.59. The predicted octanol–water partition coefficient (Wildman–Crippen LogP) is 1.84. The first-order valence-electron chi connectivity index (χ1n) is 8.68. The zero-order valence-electron chi connectivity index (χ0n) is 16.0. The maximum absolute atomic E-state index is 11.6. The smallest absolute Gasteiger partial charge is 0.394 e. The molecule has 1 aliphatic rings. The molecule has 1 unspecified atom stereocenters. The number of ether oxygens (including phenoxy) is 1. The van der Waals surface area contributed by atoms with Gasteiger partial charge in [0.15, 0.2) is 0 Å². The van der Waals surface area contributed by atoms with Gasteiger partial charge in [-0.25, -0.2) is 4.98 Å². The van der Waals surface area contributed by atoms with Gasteiger partial charge < -0.3 is 15.0 Å². The number of carbonyl (C=O) groups excluding carboxylic acids is 2. The Morgan fingerprint density at radius 2 is 1.83 bits per heavy atom. The van der Waals surface area contributed by atoms with Crippen molar-refractivity contribution in [1.29, 1.82) is 0 Å². The van der Waals surface area contributed by atoms with Crippen molar-refractivity contribution < 1.29 is 31.8 Å². The first kappa shape index (κ1) is 23.6. The van der Waals surface area contributed by atoms with Gasteiger partial charge in [-0.15, -0.1) is 0 Å². The molecule has 12 heteroatoms. The van der Waals surface area contributed by atoms with Crippen LogP contribution in [0, 0.1) is 0 Å². The molecular formula is C18H21N3O7S2. The van der Waals surface area contributed by atoms with Crippen molar-refractivity contribution in [3.8, 4) is 5.75 Å². The molecule has 3 rings (SSSR count). The van der Waals surface area contributed by atoms with E-state index in [1.54, 1.807) is 6.20 Å². The second-order valence-corrected chi connectivity index (χ2v) is 8.03. The van der Waals surface area contributed by atoms with E-state index in [0.29, 0.717) is 13.0 Å². The van der Waals surface area contributed by atoms with Crippen LogP contribution in [0.25, 0.3) is 0 Å². The first-order chi connectivity index (χ1) is 14.1. The lowest BCUT2D eigenvalue weighted by Gasteiger charge is -2.18. The summed E-state index contributed by atoms with van der Waals surface area (Å²) in [5.74, 6) is 1.68. The van der Waals surface area contributed by atoms with Gasteiger partial charge in [-0.05, 0) is 29.8 Å². The van der Waals surface area contributed by atoms with Gasteiger partial charge in [0.25, 0.3) is 5.24 Å². The highest BCUT2D eigenvalue weighted by Crippen LogP contribution is 2.20. The van der Waals surface area contributed by atoms with E-state index >= 15 is 0 Å². The average molecular weight is 456 g/mol. The molecule has 162 valence electrons. The minimum atomic E-state index is -4.67. The highest BCUT2D eigenvalue weighted by Gasteiger charge is 2.31. The SMILES string of the molecule is CN(CCOc1ccc(CC2NC(=O)SC2=O)cc1)c1ccccn1.O=S(=O)(O)O. The molecule has 1 aromatic heterocycles. The van der Waals surface area contributed by atoms with Crippen molar-refractivity contribution in [2.45, 2.75) is 12.5 Å². The molecule has 1 aliphatic heterocycles. The van der Waals surface area contributed by atoms with Crippen LogP contribution in [0.5, 0.6) is 5.75 Å². The fourth-order valence-electron chi connectivity index (χ4n) is 2.48. The molecule has 30 heavy (non-hydrogen) atoms. The molecule has 2 aromatic rings. The number of carbonyl (C=O) groups is 2. The quantitative estimate of drug-likeness (QED) is 0.528. The first-order valence-corrected chi connectivity index (χ1v) is 10.9. The van der Waals surface area contributed by atoms with E-state index in [4.69, 9.17) is 22.3 Å². The van der Waals surface area contributed by atoms with Crippen LogP contribution in [0.4, 0.5) is 10.6 Å². The lowest BCUT2D eigenvalue weighted by Crippen LogP contribution is -2.30. The van der Waals surface area contributed by atoms with Gasteiger partial charge in [0.1, 0.15) is 24.2 Å². The Hall–Kier alpha value is -2.67. The molecule has 1 fully saturated rings. The molecular weight excluding hydrogens is 434 g/mol. The summed E-state index contributed by atoms with van der Waals surface area (Å²) in [5, 5.41) is 2.27. The van der Waals surface area contributed by atoms with Crippen LogP contribution in [-0.4, -0.2) is 59.1 Å². The molecule has 0 saturated carbocycles. The van der Waals surface area contributed by atoms with E-state index in [-0.39, 0.29) is 10.4 Å². The fraction of sp³-hybridized carbons (Fsp3) is 0.278. The highest BCUT2D eigenvalue weighted by molar-refractivity contribution is 8.26. The summed E-state index contributed by atoms with van der Waals surface area (Å²) in [7, 11) is -2.69. The average Bonchev–Trinajstić information content (AvgIpc) is 2.99. The van der Waals surface area contributed by atoms with E-state index in [2.05, 4.69) is 10.3 Å². The van der Waals surface area contributed by atoms with Crippen LogP contribution in [0.2, 0.25) is 0 Å². The van der Waals surface area contributed by atoms with Gasteiger partial charge in [0.05, 0.1) is 6.54 Å². The standard InChI is InChI=1S/C18H19N3O3S.H2O4S/c1-21(16-4-2-3-9-19-16)10-11-24-14-7-5-13(6-8-14)12-15-17(22)25-18(23)20-15;1-5(2,3)4/h2-9,15H,10-12H2,1H3,(H,20,23);(H2,1,2,3,4). The van der Waals surface area contributed by atoms with Gasteiger partial charge in [0.2, 0.25) is 5.12 Å². The number of likely N-dealkylation sites (N-methyl/N-ethyl adjacent to an activating group) is 1. The van der Waals surface area contributed by atoms with Crippen LogP contribution in [0.3, 0.4) is 0 Å². The number of hydrogen-bond acceptors (Lipinski definition) is 8. The van der Waals surface area contributed by atoms with E-state index < -0.39 is 16.4 Å². The van der Waals surface area contributed by atoms with Crippen LogP contribution in [0.1, 0.15) is 5.56 Å². The summed E-state index contributed by atoms with van der Waals surface area (Å²) in [6.07, 6.45) is 2.27. The number of pyridine rings is 1. The third kappa shape index (κ3) is 8.78. The second-order valence-electron chi connectivity index (χ2n) is 6.16. The highest BCUT2D eigenvalue weighted by atomic mass is 32.3. The summed E-state index contributed by atoms with van der Waals surface area (Å²) in [5.41, 5.74) is 0.985. The Bertz CT molecular complexity index is 946. The molecule has 1 atom stereocenters. The fourth-order valence-corrected chi connectivity index (χ4v) is 3.15. The minimum absolute atomic E-state index is 0.122. The van der Waals surface area contributed by atoms with E-state index in [9.17, 15) is 9.59 Å². The maximum Gasteiger partial charge on any atom is 0.394 e. The normalized spacial score (nSPS) is 15.8. The summed E-state index contributed by atoms with van der Waals surface area (Å²) < 4.78 is 37.3. The number of aromatic nitrogens is 1. The molecule has 0 spiro atoms. The number of thioether (sulfide) groups is 1. The largest absolute Gasteiger partial charge is 0.492 e. The Morgan fingerprint density at radius 3 is 2.37 bits per heavy atom. The topological polar surface area (TPSA) is 146 Å². The van der Waals surface area contributed by atoms with Crippen LogP contribution >= 0.6 is 11.8 Å². The van der Waals surface area contributed by atoms with Crippen molar-refractivity contribution in [1.82, 2.24) is 10.3 Å². The Labute approximate surface area is 178 Å². The molecule has 0 bridgehead atoms. The molecule has 0 radical (unpaired) electrons. The summed E-state index contributed by atoms with van der Waals surface area (Å²) in [6.45, 7) is 1.26. The summed E-state index contributed by atoms with van der Waals surface area (Å²) in [4.78, 5) is 29.1. The van der Waals surface area contributed by atoms with Gasteiger partial charge >= 0.3 is 10.4 Å². The van der Waals surface area contributed by atoms with Crippen molar-refractivity contribution >= 4 is 38.3 Å². The molecule has 1 aromatic carbocycles. The van der Waals surface area contributed by atoms with E-state index in [1.165, 1.54) is 0 Å². The van der Waals surface area contributed by atoms with Crippen molar-refractivity contribution in [2.24, 2.45) is 0 Å². The maximum atomic E-state index is 11.6. The predicted molar refractivity (Wildman–Crippen MR) is 112 cm³/mol. The van der Waals surface area contributed by atoms with Gasteiger partial charge in [-0.2, -0.15) is 8.42 Å².